The summed E-state index contributed by atoms with van der Waals surface area (Å²) in [5.74, 6) is -1.04. The molecular weight excluding hydrogens is 252 g/mol. The molecule has 0 spiro atoms. The number of nitrogens with one attached hydrogen (secondary N) is 1. The molecule has 7 nitrogen and oxygen atoms in total. The molecule has 0 saturated heterocycles. The highest BCUT2D eigenvalue weighted by Crippen LogP contribution is 2.19. The molecule has 7 heteroatoms. The van der Waals surface area contributed by atoms with E-state index in [2.05, 4.69) is 10.1 Å². The quantitative estimate of drug-likeness (QED) is 0.490. The molecule has 0 aliphatic carbocycles. The zero-order valence-electron chi connectivity index (χ0n) is 10.6. The van der Waals surface area contributed by atoms with Gasteiger partial charge < -0.3 is 10.1 Å². The minimum absolute atomic E-state index is 0.0157. The SMILES string of the molecule is COC(=O)CCNC(=O)c1cc(C)ccc1[N+](=O)[O-]. The normalized spacial score (nSPS) is 9.79. The van der Waals surface area contributed by atoms with Gasteiger partial charge >= 0.3 is 5.97 Å². The van der Waals surface area contributed by atoms with Crippen molar-refractivity contribution in [3.05, 3.63) is 39.4 Å². The van der Waals surface area contributed by atoms with E-state index in [0.29, 0.717) is 0 Å². The number of nitro benzene ring substituents is 1. The molecule has 1 rings (SSSR count). The Hall–Kier alpha value is -2.44. The maximum atomic E-state index is 11.8. The number of carbonyl (C=O) groups excluding carboxylic acids is 2. The molecule has 0 aliphatic heterocycles. The molecule has 0 bridgehead atoms. The Morgan fingerprint density at radius 1 is 1.42 bits per heavy atom. The first kappa shape index (κ1) is 14.6. The molecular formula is C12H14N2O5. The van der Waals surface area contributed by atoms with E-state index in [-0.39, 0.29) is 24.2 Å². The number of hydrogen-bond acceptors (Lipinski definition) is 5. The topological polar surface area (TPSA) is 98.5 Å². The molecule has 19 heavy (non-hydrogen) atoms. The Labute approximate surface area is 109 Å². The van der Waals surface area contributed by atoms with E-state index < -0.39 is 16.8 Å². The van der Waals surface area contributed by atoms with Crippen molar-refractivity contribution < 1.29 is 19.2 Å². The van der Waals surface area contributed by atoms with Crippen molar-refractivity contribution in [2.75, 3.05) is 13.7 Å². The van der Waals surface area contributed by atoms with Gasteiger partial charge in [-0.05, 0) is 18.6 Å². The predicted octanol–water partition coefficient (Wildman–Crippen LogP) is 1.20. The van der Waals surface area contributed by atoms with Gasteiger partial charge in [0.1, 0.15) is 5.56 Å². The summed E-state index contributed by atoms with van der Waals surface area (Å²) in [6.07, 6.45) is 0.0157. The highest BCUT2D eigenvalue weighted by molar-refractivity contribution is 5.98. The molecule has 0 aromatic heterocycles. The van der Waals surface area contributed by atoms with Crippen LogP contribution < -0.4 is 5.32 Å². The van der Waals surface area contributed by atoms with Crippen molar-refractivity contribution in [1.82, 2.24) is 5.32 Å². The van der Waals surface area contributed by atoms with Gasteiger partial charge in [-0.15, -0.1) is 0 Å². The van der Waals surface area contributed by atoms with Crippen molar-refractivity contribution in [1.29, 1.82) is 0 Å². The van der Waals surface area contributed by atoms with Crippen LogP contribution in [0.2, 0.25) is 0 Å². The molecule has 102 valence electrons. The molecule has 0 fully saturated rings. The maximum absolute atomic E-state index is 11.8. The number of nitro groups is 1. The fourth-order valence-electron chi connectivity index (χ4n) is 1.47. The summed E-state index contributed by atoms with van der Waals surface area (Å²) in [6.45, 7) is 1.80. The third kappa shape index (κ3) is 4.06. The number of rotatable bonds is 5. The molecule has 1 amide bonds. The van der Waals surface area contributed by atoms with Crippen LogP contribution in [0.1, 0.15) is 22.3 Å². The summed E-state index contributed by atoms with van der Waals surface area (Å²) < 4.78 is 4.42. The zero-order chi connectivity index (χ0) is 14.4. The average Bonchev–Trinajstić information content (AvgIpc) is 2.37. The van der Waals surface area contributed by atoms with E-state index in [0.717, 1.165) is 5.56 Å². The van der Waals surface area contributed by atoms with Gasteiger partial charge in [0, 0.05) is 12.6 Å². The van der Waals surface area contributed by atoms with Crippen LogP contribution in [0.4, 0.5) is 5.69 Å². The number of methoxy groups -OCH3 is 1. The van der Waals surface area contributed by atoms with Crippen molar-refractivity contribution in [2.24, 2.45) is 0 Å². The highest BCUT2D eigenvalue weighted by atomic mass is 16.6. The van der Waals surface area contributed by atoms with E-state index in [9.17, 15) is 19.7 Å². The Bertz CT molecular complexity index is 513. The van der Waals surface area contributed by atoms with Gasteiger partial charge in [-0.2, -0.15) is 0 Å². The van der Waals surface area contributed by atoms with Crippen LogP contribution in [0, 0.1) is 17.0 Å². The van der Waals surface area contributed by atoms with Gasteiger partial charge in [-0.25, -0.2) is 0 Å². The molecule has 0 atom stereocenters. The number of aryl methyl sites for hydroxylation is 1. The van der Waals surface area contributed by atoms with E-state index in [1.54, 1.807) is 13.0 Å². The smallest absolute Gasteiger partial charge is 0.307 e. The largest absolute Gasteiger partial charge is 0.469 e. The lowest BCUT2D eigenvalue weighted by molar-refractivity contribution is -0.385. The number of amides is 1. The van der Waals surface area contributed by atoms with Gasteiger partial charge in [0.25, 0.3) is 11.6 Å². The molecule has 0 unspecified atom stereocenters. The highest BCUT2D eigenvalue weighted by Gasteiger charge is 2.19. The molecule has 0 saturated carbocycles. The number of carbonyl (C=O) groups is 2. The van der Waals surface area contributed by atoms with Crippen LogP contribution in [0.15, 0.2) is 18.2 Å². The second-order valence-corrected chi connectivity index (χ2v) is 3.86. The summed E-state index contributed by atoms with van der Waals surface area (Å²) in [4.78, 5) is 32.9. The van der Waals surface area contributed by atoms with E-state index in [1.807, 2.05) is 0 Å². The first-order valence-electron chi connectivity index (χ1n) is 5.55. The molecule has 0 heterocycles. The summed E-state index contributed by atoms with van der Waals surface area (Å²) in [5.41, 5.74) is 0.458. The van der Waals surface area contributed by atoms with E-state index in [1.165, 1.54) is 19.2 Å². The molecule has 0 radical (unpaired) electrons. The van der Waals surface area contributed by atoms with Gasteiger partial charge in [0.2, 0.25) is 0 Å². The van der Waals surface area contributed by atoms with Crippen LogP contribution in [-0.2, 0) is 9.53 Å². The van der Waals surface area contributed by atoms with Crippen molar-refractivity contribution in [2.45, 2.75) is 13.3 Å². The fourth-order valence-corrected chi connectivity index (χ4v) is 1.47. The number of ether oxygens (including phenoxy) is 1. The van der Waals surface area contributed by atoms with Crippen LogP contribution in [0.25, 0.3) is 0 Å². The third-order valence-electron chi connectivity index (χ3n) is 2.44. The number of nitrogens with zero attached hydrogens (tertiary/aromatic N) is 1. The Balaban J connectivity index is 2.78. The standard InChI is InChI=1S/C12H14N2O5/c1-8-3-4-10(14(17)18)9(7-8)12(16)13-6-5-11(15)19-2/h3-4,7H,5-6H2,1-2H3,(H,13,16). The molecule has 0 aliphatic rings. The summed E-state index contributed by atoms with van der Waals surface area (Å²) >= 11 is 0. The molecule has 1 N–H and O–H groups in total. The second kappa shape index (κ2) is 6.48. The Morgan fingerprint density at radius 2 is 2.11 bits per heavy atom. The predicted molar refractivity (Wildman–Crippen MR) is 66.8 cm³/mol. The Morgan fingerprint density at radius 3 is 2.68 bits per heavy atom. The maximum Gasteiger partial charge on any atom is 0.307 e. The molecule has 1 aromatic carbocycles. The lowest BCUT2D eigenvalue weighted by atomic mass is 10.1. The number of esters is 1. The fraction of sp³-hybridized carbons (Fsp3) is 0.333. The van der Waals surface area contributed by atoms with Crippen LogP contribution >= 0.6 is 0 Å². The van der Waals surface area contributed by atoms with Crippen molar-refractivity contribution in [3.63, 3.8) is 0 Å². The summed E-state index contributed by atoms with van der Waals surface area (Å²) in [7, 11) is 1.25. The lowest BCUT2D eigenvalue weighted by Crippen LogP contribution is -2.27. The van der Waals surface area contributed by atoms with Crippen LogP contribution in [0.5, 0.6) is 0 Å². The third-order valence-corrected chi connectivity index (χ3v) is 2.44. The second-order valence-electron chi connectivity index (χ2n) is 3.86. The van der Waals surface area contributed by atoms with Gasteiger partial charge in [0.15, 0.2) is 0 Å². The van der Waals surface area contributed by atoms with Crippen molar-refractivity contribution >= 4 is 17.6 Å². The van der Waals surface area contributed by atoms with E-state index in [4.69, 9.17) is 0 Å². The Kier molecular flexibility index (Phi) is 4.99. The van der Waals surface area contributed by atoms with Crippen molar-refractivity contribution in [3.8, 4) is 0 Å². The lowest BCUT2D eigenvalue weighted by Gasteiger charge is -2.06. The average molecular weight is 266 g/mol. The summed E-state index contributed by atoms with van der Waals surface area (Å²) in [5, 5.41) is 13.3. The van der Waals surface area contributed by atoms with Gasteiger partial charge in [-0.1, -0.05) is 6.07 Å². The van der Waals surface area contributed by atoms with Gasteiger partial charge in [0.05, 0.1) is 18.5 Å². The zero-order valence-corrected chi connectivity index (χ0v) is 10.6. The van der Waals surface area contributed by atoms with Crippen LogP contribution in [0.3, 0.4) is 0 Å². The van der Waals surface area contributed by atoms with E-state index >= 15 is 0 Å². The first-order valence-corrected chi connectivity index (χ1v) is 5.55. The number of benzene rings is 1. The minimum Gasteiger partial charge on any atom is -0.469 e. The number of hydrogen-bond donors (Lipinski definition) is 1. The monoisotopic (exact) mass is 266 g/mol. The van der Waals surface area contributed by atoms with Crippen LogP contribution in [-0.4, -0.2) is 30.5 Å². The minimum atomic E-state index is -0.616. The first-order chi connectivity index (χ1) is 8.95. The summed E-state index contributed by atoms with van der Waals surface area (Å²) in [6, 6.07) is 4.28. The molecule has 1 aromatic rings. The van der Waals surface area contributed by atoms with Gasteiger partial charge in [-0.3, -0.25) is 19.7 Å².